The van der Waals surface area contributed by atoms with Gasteiger partial charge < -0.3 is 60.0 Å². The molecule has 0 bridgehead atoms. The van der Waals surface area contributed by atoms with Gasteiger partial charge in [0.25, 0.3) is 10.1 Å². The molecule has 4 N–H and O–H groups in total. The molecule has 0 unspecified atom stereocenters. The first kappa shape index (κ1) is 89.3. The van der Waals surface area contributed by atoms with Crippen molar-refractivity contribution in [3.05, 3.63) is 0 Å². The van der Waals surface area contributed by atoms with E-state index in [0.29, 0.717) is 0 Å². The highest BCUT2D eigenvalue weighted by atomic mass is 32.2. The maximum Gasteiger partial charge on any atom is 0.264 e. The first-order chi connectivity index (χ1) is 44.3. The number of likely N-dealkylation sites (N-methyl/N-ethyl adjacent to an activating group) is 7. The molecule has 1 fully saturated rings. The molecule has 0 saturated carbocycles. The van der Waals surface area contributed by atoms with Crippen LogP contribution in [0, 0.1) is 41.4 Å². The molecule has 0 radical (unpaired) electrons. The lowest BCUT2D eigenvalue weighted by Crippen LogP contribution is -2.65. The highest BCUT2D eigenvalue weighted by Crippen LogP contribution is 2.40. The van der Waals surface area contributed by atoms with Gasteiger partial charge in [-0.1, -0.05) is 125 Å². The van der Waals surface area contributed by atoms with Gasteiger partial charge in [-0.15, -0.1) is 0 Å². The highest BCUT2D eigenvalue weighted by molar-refractivity contribution is 7.86. The third kappa shape index (κ3) is 25.1. The Labute approximate surface area is 583 Å². The van der Waals surface area contributed by atoms with Crippen LogP contribution in [0.25, 0.3) is 0 Å². The van der Waals surface area contributed by atoms with Crippen molar-refractivity contribution in [3.8, 4) is 0 Å². The summed E-state index contributed by atoms with van der Waals surface area (Å²) in [4.78, 5) is 174. The van der Waals surface area contributed by atoms with E-state index in [-0.39, 0.29) is 75.2 Å². The van der Waals surface area contributed by atoms with Crippen molar-refractivity contribution >= 4 is 83.4 Å². The molecule has 97 heavy (non-hydrogen) atoms. The van der Waals surface area contributed by atoms with E-state index in [0.717, 1.165) is 6.26 Å². The van der Waals surface area contributed by atoms with Gasteiger partial charge in [-0.3, -0.25) is 56.9 Å². The Bertz CT molecular complexity index is 2810. The van der Waals surface area contributed by atoms with E-state index in [2.05, 4.69) is 21.3 Å². The van der Waals surface area contributed by atoms with Crippen LogP contribution in [0.5, 0.6) is 0 Å². The number of carbonyl (C=O) groups is 11. The van der Waals surface area contributed by atoms with Gasteiger partial charge in [-0.05, 0) is 118 Å². The Morgan fingerprint density at radius 2 is 0.825 bits per heavy atom. The van der Waals surface area contributed by atoms with Gasteiger partial charge in [-0.2, -0.15) is 8.42 Å². The second kappa shape index (κ2) is 38.2. The van der Waals surface area contributed by atoms with Crippen molar-refractivity contribution in [2.45, 2.75) is 274 Å². The highest BCUT2D eigenvalue weighted by Gasteiger charge is 2.50. The zero-order chi connectivity index (χ0) is 75.8. The van der Waals surface area contributed by atoms with Gasteiger partial charge in [0.1, 0.15) is 66.5 Å². The fourth-order valence-corrected chi connectivity index (χ4v) is 13.8. The SMILES string of the molecule is CC[C@@H]1C(=O)N(C)[C@@H](CC(C)C)C(=O)N[C@H](C(C)C)C(=O)N(C)[C@H](CC(C)C)C(=O)N[C@H](C)C(=O)N[C@@H](C)C(=O)N(C)[C@H](CC(C)C)C(=O)N(C)[C@H](CC(C)C)C(=O)N(C)[C@H](C(C)C)C(=O)N(C)[C@H]([C@H](O[Si](C)(C)C(C)(C)C)[C@H](C)CCOS(C)(=O)=O)C(=O)N[C@H](CC)C(=O)N1C. The topological polar surface area (TPSA) is 311 Å². The molecule has 0 aromatic carbocycles. The number of nitrogens with one attached hydrogen (secondary N) is 4. The van der Waals surface area contributed by atoms with Gasteiger partial charge in [-0.25, -0.2) is 0 Å². The number of hydrogen-bond donors (Lipinski definition) is 4. The lowest BCUT2D eigenvalue weighted by molar-refractivity contribution is -0.157. The Morgan fingerprint density at radius 1 is 0.443 bits per heavy atom. The monoisotopic (exact) mass is 1410 g/mol. The lowest BCUT2D eigenvalue weighted by atomic mass is 9.91. The molecule has 1 rings (SSSR count). The van der Waals surface area contributed by atoms with E-state index in [1.165, 1.54) is 97.5 Å². The Kier molecular flexibility index (Phi) is 35.1. The molecule has 1 aliphatic heterocycles. The predicted molar refractivity (Wildman–Crippen MR) is 380 cm³/mol. The van der Waals surface area contributed by atoms with E-state index < -0.39 is 179 Å². The smallest absolute Gasteiger partial charge is 0.264 e. The minimum absolute atomic E-state index is 0.0119. The average Bonchev–Trinajstić information content (AvgIpc) is 0.791. The molecule has 1 heterocycles. The van der Waals surface area contributed by atoms with Crippen LogP contribution in [-0.4, -0.2) is 251 Å². The number of nitrogens with zero attached hydrogens (tertiary/aromatic N) is 7. The second-order valence-corrected chi connectivity index (χ2v) is 37.5. The molecule has 0 aromatic heterocycles. The van der Waals surface area contributed by atoms with E-state index in [4.69, 9.17) is 8.61 Å². The lowest BCUT2D eigenvalue weighted by Gasteiger charge is -2.46. The van der Waals surface area contributed by atoms with Crippen LogP contribution in [0.3, 0.4) is 0 Å². The normalized spacial score (nSPS) is 26.3. The molecular weight excluding hydrogens is 1280 g/mol. The number of rotatable bonds is 20. The fourth-order valence-electron chi connectivity index (χ4n) is 12.0. The maximum atomic E-state index is 15.9. The van der Waals surface area contributed by atoms with Gasteiger partial charge in [0, 0.05) is 49.3 Å². The van der Waals surface area contributed by atoms with Crippen molar-refractivity contribution < 1.29 is 69.8 Å². The summed E-state index contributed by atoms with van der Waals surface area (Å²) in [5, 5.41) is 10.7. The Balaban J connectivity index is 4.70. The third-order valence-electron chi connectivity index (χ3n) is 19.1. The van der Waals surface area contributed by atoms with Crippen LogP contribution in [0.15, 0.2) is 0 Å². The fraction of sp³-hybridized carbons (Fsp3) is 0.841. The Morgan fingerprint density at radius 3 is 1.24 bits per heavy atom. The van der Waals surface area contributed by atoms with Crippen LogP contribution >= 0.6 is 0 Å². The third-order valence-corrected chi connectivity index (χ3v) is 24.2. The van der Waals surface area contributed by atoms with E-state index in [1.807, 2.05) is 89.3 Å². The summed E-state index contributed by atoms with van der Waals surface area (Å²) in [7, 11) is 3.12. The molecule has 0 aromatic rings. The quantitative estimate of drug-likeness (QED) is 0.0867. The summed E-state index contributed by atoms with van der Waals surface area (Å²) in [6.45, 7) is 39.4. The Hall–Kier alpha value is -5.74. The molecule has 1 aliphatic rings. The molecule has 11 amide bonds. The first-order valence-electron chi connectivity index (χ1n) is 34.9. The summed E-state index contributed by atoms with van der Waals surface area (Å²) in [5.41, 5.74) is 0. The van der Waals surface area contributed by atoms with Crippen molar-refractivity contribution in [2.24, 2.45) is 41.4 Å². The van der Waals surface area contributed by atoms with Gasteiger partial charge in [0.15, 0.2) is 8.32 Å². The van der Waals surface area contributed by atoms with Crippen molar-refractivity contribution in [3.63, 3.8) is 0 Å². The van der Waals surface area contributed by atoms with E-state index >= 15 is 28.8 Å². The molecular formula is C69H129N11O15SSi. The summed E-state index contributed by atoms with van der Waals surface area (Å²) in [6, 6.07) is -13.9. The van der Waals surface area contributed by atoms with Crippen molar-refractivity contribution in [1.82, 2.24) is 55.6 Å². The standard InChI is InChI=1S/C69H129N11O15SSi/c1-31-48-63(86)74(21)49(32-2)64(87)75(22)51(36-40(5)6)60(83)73-54(43(11)12)67(90)76(23)50(35-39(3)4)59(82)70-46(16)58(81)71-47(17)62(85)77(24)52(37-41(7)8)65(88)78(25)53(38-42(9)10)66(89)79(26)55(44(13)14)68(91)80(27)56(61(84)72-48)57(95-97(29,30)69(18,19)20)45(15)33-34-94-96(28,92)93/h39-57H,31-38H2,1-30H3,(H,70,82)(H,71,81)(H,72,84)(H,73,83)/t45-,46-,47+,48-,49-,50-,51+,52-,53-,54-,55-,56-,57-/m1/s1. The van der Waals surface area contributed by atoms with Crippen LogP contribution in [0.1, 0.15) is 183 Å². The average molecular weight is 1410 g/mol. The molecule has 560 valence electrons. The van der Waals surface area contributed by atoms with Crippen LogP contribution in [0.4, 0.5) is 0 Å². The van der Waals surface area contributed by atoms with Crippen molar-refractivity contribution in [2.75, 3.05) is 62.2 Å². The molecule has 0 aliphatic carbocycles. The minimum Gasteiger partial charge on any atom is -0.411 e. The van der Waals surface area contributed by atoms with E-state index in [1.54, 1.807) is 48.5 Å². The van der Waals surface area contributed by atoms with Crippen molar-refractivity contribution in [1.29, 1.82) is 0 Å². The zero-order valence-corrected chi connectivity index (χ0v) is 66.6. The summed E-state index contributed by atoms with van der Waals surface area (Å²) in [6.07, 6.45) is 0.254. The van der Waals surface area contributed by atoms with Crippen LogP contribution < -0.4 is 21.3 Å². The summed E-state index contributed by atoms with van der Waals surface area (Å²) < 4.78 is 37.2. The van der Waals surface area contributed by atoms with Gasteiger partial charge in [0.05, 0.1) is 19.0 Å². The van der Waals surface area contributed by atoms with Gasteiger partial charge in [0.2, 0.25) is 65.0 Å². The largest absolute Gasteiger partial charge is 0.411 e. The van der Waals surface area contributed by atoms with Crippen LogP contribution in [-0.2, 0) is 71.5 Å². The molecule has 13 atom stereocenters. The zero-order valence-electron chi connectivity index (χ0n) is 64.8. The number of amides is 11. The maximum absolute atomic E-state index is 15.9. The second-order valence-electron chi connectivity index (χ2n) is 31.1. The van der Waals surface area contributed by atoms with Crippen LogP contribution in [0.2, 0.25) is 18.1 Å². The molecule has 0 spiro atoms. The van der Waals surface area contributed by atoms with Gasteiger partial charge >= 0.3 is 0 Å². The number of carbonyl (C=O) groups excluding carboxylic acids is 11. The summed E-state index contributed by atoms with van der Waals surface area (Å²) in [5.74, 6) is -10.1. The molecule has 1 saturated heterocycles. The molecule has 26 nitrogen and oxygen atoms in total. The minimum atomic E-state index is -3.94. The first-order valence-corrected chi connectivity index (χ1v) is 39.6. The summed E-state index contributed by atoms with van der Waals surface area (Å²) >= 11 is 0. The predicted octanol–water partition coefficient (Wildman–Crippen LogP) is 5.48. The number of hydrogen-bond acceptors (Lipinski definition) is 15. The molecule has 28 heteroatoms. The van der Waals surface area contributed by atoms with E-state index in [9.17, 15) is 32.4 Å².